The lowest BCUT2D eigenvalue weighted by atomic mass is 9.43. The monoisotopic (exact) mass is 685 g/mol. The third-order valence-electron chi connectivity index (χ3n) is 13.6. The lowest BCUT2D eigenvalue weighted by Gasteiger charge is -2.61. The molecule has 52 heavy (non-hydrogen) atoms. The average Bonchev–Trinajstić information content (AvgIpc) is 3.70. The van der Waals surface area contributed by atoms with Crippen molar-refractivity contribution in [2.75, 3.05) is 4.90 Å². The minimum absolute atomic E-state index is 0.183. The summed E-state index contributed by atoms with van der Waals surface area (Å²) in [6, 6.07) is 57.6. The fraction of sp³-hybridized carbons (Fsp3) is 0.200. The molecule has 8 aromatic rings. The van der Waals surface area contributed by atoms with Crippen LogP contribution in [0.2, 0.25) is 0 Å². The maximum absolute atomic E-state index is 2.55. The highest BCUT2D eigenvalue weighted by Crippen LogP contribution is 2.69. The third-order valence-corrected chi connectivity index (χ3v) is 14.8. The van der Waals surface area contributed by atoms with E-state index in [9.17, 15) is 0 Å². The Balaban J connectivity index is 0.995. The third kappa shape index (κ3) is 4.10. The maximum atomic E-state index is 2.55. The number of thiophene rings is 1. The number of rotatable bonds is 4. The van der Waals surface area contributed by atoms with E-state index < -0.39 is 0 Å². The molecule has 5 aliphatic carbocycles. The Hall–Kier alpha value is -5.18. The largest absolute Gasteiger partial charge is 0.310 e. The van der Waals surface area contributed by atoms with Gasteiger partial charge in [0, 0.05) is 42.6 Å². The van der Waals surface area contributed by atoms with Crippen molar-refractivity contribution in [2.24, 2.45) is 23.7 Å². The van der Waals surface area contributed by atoms with Crippen LogP contribution in [0, 0.1) is 23.7 Å². The van der Waals surface area contributed by atoms with Gasteiger partial charge in [0.05, 0.1) is 0 Å². The van der Waals surface area contributed by atoms with E-state index in [1.54, 1.807) is 11.1 Å². The highest BCUT2D eigenvalue weighted by Gasteiger charge is 2.61. The van der Waals surface area contributed by atoms with E-state index in [1.807, 2.05) is 11.3 Å². The molecule has 1 aromatic heterocycles. The van der Waals surface area contributed by atoms with Crippen molar-refractivity contribution in [1.82, 2.24) is 0 Å². The van der Waals surface area contributed by atoms with Crippen molar-refractivity contribution in [3.63, 3.8) is 0 Å². The Morgan fingerprint density at radius 2 is 1.08 bits per heavy atom. The fourth-order valence-corrected chi connectivity index (χ4v) is 12.9. The van der Waals surface area contributed by atoms with Crippen molar-refractivity contribution in [1.29, 1.82) is 0 Å². The summed E-state index contributed by atoms with van der Waals surface area (Å²) in [5.41, 5.74) is 12.4. The van der Waals surface area contributed by atoms with Crippen LogP contribution >= 0.6 is 11.3 Å². The van der Waals surface area contributed by atoms with Gasteiger partial charge in [0.1, 0.15) is 0 Å². The Morgan fingerprint density at radius 3 is 1.92 bits per heavy atom. The van der Waals surface area contributed by atoms with Gasteiger partial charge in [-0.25, -0.2) is 0 Å². The highest BCUT2D eigenvalue weighted by atomic mass is 32.1. The SMILES string of the molecule is c1ccc2c(c1)-c1cc(N(c3ccc(-c4ccc5c(c4)sc4ccccc45)cc3)c3ccc4ccccc4c3)ccc1C21C2CC3CC(C2)CC1C3. The number of nitrogens with zero attached hydrogens (tertiary/aromatic N) is 1. The lowest BCUT2D eigenvalue weighted by Crippen LogP contribution is -2.55. The summed E-state index contributed by atoms with van der Waals surface area (Å²) in [6.07, 6.45) is 7.12. The summed E-state index contributed by atoms with van der Waals surface area (Å²) < 4.78 is 2.69. The number of benzene rings is 7. The zero-order valence-electron chi connectivity index (χ0n) is 29.1. The van der Waals surface area contributed by atoms with E-state index in [4.69, 9.17) is 0 Å². The smallest absolute Gasteiger partial charge is 0.0468 e. The molecule has 1 spiro atoms. The quantitative estimate of drug-likeness (QED) is 0.178. The van der Waals surface area contributed by atoms with Gasteiger partial charge in [0.25, 0.3) is 0 Å². The zero-order chi connectivity index (χ0) is 34.0. The molecule has 5 aliphatic rings. The molecule has 0 aliphatic heterocycles. The minimum atomic E-state index is 0.183. The molecule has 1 heterocycles. The van der Waals surface area contributed by atoms with Crippen molar-refractivity contribution in [3.8, 4) is 22.3 Å². The van der Waals surface area contributed by atoms with E-state index in [1.165, 1.54) is 102 Å². The Morgan fingerprint density at radius 1 is 0.442 bits per heavy atom. The number of anilines is 3. The maximum Gasteiger partial charge on any atom is 0.0468 e. The Bertz CT molecular complexity index is 2690. The Labute approximate surface area is 309 Å². The molecule has 4 bridgehead atoms. The van der Waals surface area contributed by atoms with Gasteiger partial charge in [0.15, 0.2) is 0 Å². The first-order chi connectivity index (χ1) is 25.7. The molecule has 250 valence electrons. The van der Waals surface area contributed by atoms with Crippen molar-refractivity contribution in [3.05, 3.63) is 163 Å². The molecule has 0 atom stereocenters. The van der Waals surface area contributed by atoms with E-state index in [0.717, 1.165) is 23.7 Å². The molecule has 4 fully saturated rings. The van der Waals surface area contributed by atoms with E-state index >= 15 is 0 Å². The molecular weight excluding hydrogens is 647 g/mol. The van der Waals surface area contributed by atoms with Crippen molar-refractivity contribution in [2.45, 2.75) is 37.5 Å². The highest BCUT2D eigenvalue weighted by molar-refractivity contribution is 7.25. The molecule has 4 saturated carbocycles. The molecule has 0 N–H and O–H groups in total. The van der Waals surface area contributed by atoms with Crippen LogP contribution in [0.15, 0.2) is 152 Å². The summed E-state index contributed by atoms with van der Waals surface area (Å²) >= 11 is 1.89. The second-order valence-electron chi connectivity index (χ2n) is 16.2. The van der Waals surface area contributed by atoms with Gasteiger partial charge >= 0.3 is 0 Å². The van der Waals surface area contributed by atoms with Gasteiger partial charge in [-0.15, -0.1) is 11.3 Å². The van der Waals surface area contributed by atoms with Gasteiger partial charge in [0.2, 0.25) is 0 Å². The predicted molar refractivity (Wildman–Crippen MR) is 220 cm³/mol. The van der Waals surface area contributed by atoms with Crippen LogP contribution in [0.25, 0.3) is 53.2 Å². The van der Waals surface area contributed by atoms with Crippen LogP contribution in [0.3, 0.4) is 0 Å². The van der Waals surface area contributed by atoms with Crippen molar-refractivity contribution >= 4 is 59.3 Å². The molecule has 0 amide bonds. The van der Waals surface area contributed by atoms with E-state index in [0.29, 0.717) is 0 Å². The first-order valence-electron chi connectivity index (χ1n) is 19.3. The van der Waals surface area contributed by atoms with Crippen LogP contribution in [0.5, 0.6) is 0 Å². The first kappa shape index (κ1) is 29.4. The average molecular weight is 686 g/mol. The molecular formula is C50H39NS. The minimum Gasteiger partial charge on any atom is -0.310 e. The van der Waals surface area contributed by atoms with Crippen LogP contribution in [-0.4, -0.2) is 0 Å². The van der Waals surface area contributed by atoms with Gasteiger partial charge in [-0.2, -0.15) is 0 Å². The zero-order valence-corrected chi connectivity index (χ0v) is 30.0. The Kier molecular flexibility index (Phi) is 6.17. The molecule has 2 heteroatoms. The van der Waals surface area contributed by atoms with Gasteiger partial charge in [-0.1, -0.05) is 103 Å². The van der Waals surface area contributed by atoms with Crippen LogP contribution in [-0.2, 0) is 5.41 Å². The fourth-order valence-electron chi connectivity index (χ4n) is 11.8. The van der Waals surface area contributed by atoms with E-state index in [2.05, 4.69) is 157 Å². The second kappa shape index (κ2) is 10.9. The summed E-state index contributed by atoms with van der Waals surface area (Å²) in [7, 11) is 0. The summed E-state index contributed by atoms with van der Waals surface area (Å²) in [4.78, 5) is 2.48. The summed E-state index contributed by atoms with van der Waals surface area (Å²) in [6.45, 7) is 0. The van der Waals surface area contributed by atoms with Gasteiger partial charge in [-0.05, 0) is 148 Å². The standard InChI is InChI=1S/C50H39NS/c1-2-8-35-28-40(19-15-33(35)7-1)51(39-17-13-34(14-18-39)36-16-21-44-43-10-4-6-12-48(43)52-49(44)29-36)41-20-22-47-45(30-41)42-9-3-5-11-46(42)50(47)37-24-31-23-32(26-37)27-38(50)25-31/h1-22,28-32,37-38H,23-27H2. The number of fused-ring (bicyclic) bond motifs is 7. The topological polar surface area (TPSA) is 3.24 Å². The van der Waals surface area contributed by atoms with E-state index in [-0.39, 0.29) is 5.41 Å². The molecule has 0 saturated heterocycles. The number of hydrogen-bond acceptors (Lipinski definition) is 2. The molecule has 0 unspecified atom stereocenters. The molecule has 0 radical (unpaired) electrons. The molecule has 13 rings (SSSR count). The van der Waals surface area contributed by atoms with Crippen LogP contribution < -0.4 is 4.90 Å². The lowest BCUT2D eigenvalue weighted by molar-refractivity contribution is -0.0399. The van der Waals surface area contributed by atoms with Crippen molar-refractivity contribution < 1.29 is 0 Å². The van der Waals surface area contributed by atoms with Gasteiger partial charge in [-0.3, -0.25) is 0 Å². The first-order valence-corrected chi connectivity index (χ1v) is 20.1. The van der Waals surface area contributed by atoms with Gasteiger partial charge < -0.3 is 4.90 Å². The van der Waals surface area contributed by atoms with Crippen LogP contribution in [0.1, 0.15) is 43.2 Å². The van der Waals surface area contributed by atoms with Crippen LogP contribution in [0.4, 0.5) is 17.1 Å². The normalized spacial score (nSPS) is 23.8. The molecule has 1 nitrogen and oxygen atoms in total. The second-order valence-corrected chi connectivity index (χ2v) is 17.3. The molecule has 7 aromatic carbocycles. The number of hydrogen-bond donors (Lipinski definition) is 0. The predicted octanol–water partition coefficient (Wildman–Crippen LogP) is 14.1. The summed E-state index contributed by atoms with van der Waals surface area (Å²) in [5, 5.41) is 5.22. The summed E-state index contributed by atoms with van der Waals surface area (Å²) in [5.74, 6) is 3.43.